The number of anilines is 1. The highest BCUT2D eigenvalue weighted by Crippen LogP contribution is 2.37. The molecule has 1 amide bonds. The molecule has 11 heteroatoms. The van der Waals surface area contributed by atoms with E-state index in [-0.39, 0.29) is 23.0 Å². The van der Waals surface area contributed by atoms with Gasteiger partial charge in [0.25, 0.3) is 5.91 Å². The largest absolute Gasteiger partial charge is 0.493 e. The molecule has 0 saturated carbocycles. The number of nitro groups is 1. The number of nitrogens with zero attached hydrogens (tertiary/aromatic N) is 3. The van der Waals surface area contributed by atoms with E-state index in [4.69, 9.17) is 9.47 Å². The maximum absolute atomic E-state index is 13.0. The maximum Gasteiger partial charge on any atom is 0.374 e. The highest BCUT2D eigenvalue weighted by molar-refractivity contribution is 5.94. The summed E-state index contributed by atoms with van der Waals surface area (Å²) in [5, 5.41) is 11.6. The number of benzene rings is 2. The Kier molecular flexibility index (Phi) is 5.78. The van der Waals surface area contributed by atoms with Gasteiger partial charge in [0.1, 0.15) is 12.1 Å². The fraction of sp³-hybridized carbons (Fsp3) is 0.0556. The lowest BCUT2D eigenvalue weighted by Crippen LogP contribution is -2.30. The molecule has 0 aliphatic rings. The molecule has 148 valence electrons. The lowest BCUT2D eigenvalue weighted by molar-refractivity contribution is -0.385. The van der Waals surface area contributed by atoms with Crippen molar-refractivity contribution in [1.29, 1.82) is 0 Å². The maximum atomic E-state index is 13.0. The minimum atomic E-state index is -0.753. The minimum Gasteiger partial charge on any atom is -0.493 e. The van der Waals surface area contributed by atoms with E-state index in [1.54, 1.807) is 24.3 Å². The van der Waals surface area contributed by atoms with Crippen molar-refractivity contribution in [3.63, 3.8) is 0 Å². The molecular formula is C18H14FN5O5. The van der Waals surface area contributed by atoms with Crippen LogP contribution in [0.5, 0.6) is 17.4 Å². The first-order valence-electron chi connectivity index (χ1n) is 8.11. The number of amides is 1. The standard InChI is InChI=1S/C18H14FN5O5/c1-28-13-4-2-3-5-14(13)29-18-15(24(26)27)16(20-10-21-18)22-23-17(25)11-6-8-12(19)9-7-11/h2-10H,1H3,(H,23,25)(H,20,21,22). The van der Waals surface area contributed by atoms with Gasteiger partial charge >= 0.3 is 11.6 Å². The first-order valence-corrected chi connectivity index (χ1v) is 8.11. The molecule has 1 heterocycles. The van der Waals surface area contributed by atoms with E-state index in [2.05, 4.69) is 20.8 Å². The van der Waals surface area contributed by atoms with E-state index in [9.17, 15) is 19.3 Å². The number of aromatic nitrogens is 2. The first kappa shape index (κ1) is 19.5. The van der Waals surface area contributed by atoms with E-state index in [1.165, 1.54) is 19.2 Å². The number of ether oxygens (including phenoxy) is 2. The molecule has 3 rings (SSSR count). The summed E-state index contributed by atoms with van der Waals surface area (Å²) in [7, 11) is 1.43. The molecule has 0 aliphatic carbocycles. The van der Waals surface area contributed by atoms with Gasteiger partial charge in [-0.3, -0.25) is 25.8 Å². The van der Waals surface area contributed by atoms with Crippen molar-refractivity contribution in [2.45, 2.75) is 0 Å². The zero-order valence-electron chi connectivity index (χ0n) is 15.0. The van der Waals surface area contributed by atoms with Crippen molar-refractivity contribution in [2.75, 3.05) is 12.5 Å². The topological polar surface area (TPSA) is 129 Å². The number of para-hydroxylation sites is 2. The Bertz CT molecular complexity index is 1050. The molecule has 0 aliphatic heterocycles. The van der Waals surface area contributed by atoms with E-state index < -0.39 is 22.3 Å². The monoisotopic (exact) mass is 399 g/mol. The van der Waals surface area contributed by atoms with E-state index in [0.29, 0.717) is 5.75 Å². The highest BCUT2D eigenvalue weighted by Gasteiger charge is 2.26. The number of nitrogens with one attached hydrogen (secondary N) is 2. The minimum absolute atomic E-state index is 0.140. The average molecular weight is 399 g/mol. The normalized spacial score (nSPS) is 10.1. The van der Waals surface area contributed by atoms with Crippen LogP contribution in [0.3, 0.4) is 0 Å². The number of hydrogen-bond acceptors (Lipinski definition) is 8. The molecule has 0 unspecified atom stereocenters. The Hall–Kier alpha value is -4.28. The second-order valence-corrected chi connectivity index (χ2v) is 5.47. The summed E-state index contributed by atoms with van der Waals surface area (Å²) in [5.74, 6) is -1.25. The van der Waals surface area contributed by atoms with Gasteiger partial charge in [0.15, 0.2) is 11.5 Å². The third-order valence-corrected chi connectivity index (χ3v) is 3.65. The molecule has 0 atom stereocenters. The van der Waals surface area contributed by atoms with E-state index in [1.807, 2.05) is 0 Å². The van der Waals surface area contributed by atoms with Gasteiger partial charge in [-0.2, -0.15) is 4.98 Å². The van der Waals surface area contributed by atoms with Crippen LogP contribution in [0.1, 0.15) is 10.4 Å². The molecule has 29 heavy (non-hydrogen) atoms. The molecule has 0 bridgehead atoms. The third kappa shape index (κ3) is 4.53. The number of carbonyl (C=O) groups is 1. The van der Waals surface area contributed by atoms with Crippen LogP contribution >= 0.6 is 0 Å². The molecular weight excluding hydrogens is 385 g/mol. The lowest BCUT2D eigenvalue weighted by atomic mass is 10.2. The van der Waals surface area contributed by atoms with Crippen molar-refractivity contribution in [3.8, 4) is 17.4 Å². The Labute approximate surface area is 163 Å². The fourth-order valence-electron chi connectivity index (χ4n) is 2.29. The van der Waals surface area contributed by atoms with Gasteiger partial charge in [-0.05, 0) is 36.4 Å². The van der Waals surface area contributed by atoms with Crippen LogP contribution in [0.15, 0.2) is 54.9 Å². The number of hydrogen-bond donors (Lipinski definition) is 2. The smallest absolute Gasteiger partial charge is 0.374 e. The average Bonchev–Trinajstić information content (AvgIpc) is 2.72. The molecule has 0 fully saturated rings. The summed E-state index contributed by atoms with van der Waals surface area (Å²) in [4.78, 5) is 30.5. The number of hydrazine groups is 1. The van der Waals surface area contributed by atoms with Crippen molar-refractivity contribution in [2.24, 2.45) is 0 Å². The molecule has 10 nitrogen and oxygen atoms in total. The summed E-state index contributed by atoms with van der Waals surface area (Å²) in [5.41, 5.74) is 4.16. The van der Waals surface area contributed by atoms with Crippen molar-refractivity contribution >= 4 is 17.4 Å². The summed E-state index contributed by atoms with van der Waals surface area (Å²) in [6, 6.07) is 11.3. The van der Waals surface area contributed by atoms with Gasteiger partial charge in [0, 0.05) is 5.56 Å². The Morgan fingerprint density at radius 2 is 1.79 bits per heavy atom. The summed E-state index contributed by atoms with van der Waals surface area (Å²) < 4.78 is 23.6. The van der Waals surface area contributed by atoms with Crippen molar-refractivity contribution < 1.29 is 23.6 Å². The highest BCUT2D eigenvalue weighted by atomic mass is 19.1. The number of carbonyl (C=O) groups excluding carboxylic acids is 1. The third-order valence-electron chi connectivity index (χ3n) is 3.65. The Balaban J connectivity index is 1.84. The summed E-state index contributed by atoms with van der Waals surface area (Å²) in [6.07, 6.45) is 1.03. The zero-order valence-corrected chi connectivity index (χ0v) is 15.0. The van der Waals surface area contributed by atoms with Gasteiger partial charge in [-0.25, -0.2) is 9.37 Å². The molecule has 0 saturated heterocycles. The molecule has 1 aromatic heterocycles. The number of halogens is 1. The molecule has 0 spiro atoms. The van der Waals surface area contributed by atoms with Gasteiger partial charge in [0.2, 0.25) is 5.82 Å². The second-order valence-electron chi connectivity index (χ2n) is 5.47. The quantitative estimate of drug-likeness (QED) is 0.458. The summed E-state index contributed by atoms with van der Waals surface area (Å²) in [6.45, 7) is 0. The number of methoxy groups -OCH3 is 1. The SMILES string of the molecule is COc1ccccc1Oc1ncnc(NNC(=O)c2ccc(F)cc2)c1[N+](=O)[O-]. The molecule has 2 N–H and O–H groups in total. The zero-order chi connectivity index (χ0) is 20.8. The van der Waals surface area contributed by atoms with Gasteiger partial charge < -0.3 is 9.47 Å². The molecule has 0 radical (unpaired) electrons. The van der Waals surface area contributed by atoms with Crippen LogP contribution in [0, 0.1) is 15.9 Å². The molecule has 3 aromatic rings. The van der Waals surface area contributed by atoms with Crippen LogP contribution in [0.25, 0.3) is 0 Å². The van der Waals surface area contributed by atoms with Gasteiger partial charge in [-0.15, -0.1) is 0 Å². The van der Waals surface area contributed by atoms with Crippen LogP contribution in [0.4, 0.5) is 15.9 Å². The van der Waals surface area contributed by atoms with E-state index >= 15 is 0 Å². The van der Waals surface area contributed by atoms with Crippen LogP contribution in [0.2, 0.25) is 0 Å². The Morgan fingerprint density at radius 1 is 1.10 bits per heavy atom. The predicted molar refractivity (Wildman–Crippen MR) is 99.2 cm³/mol. The lowest BCUT2D eigenvalue weighted by Gasteiger charge is -2.11. The van der Waals surface area contributed by atoms with Crippen LogP contribution in [-0.4, -0.2) is 27.9 Å². The van der Waals surface area contributed by atoms with Crippen LogP contribution < -0.4 is 20.3 Å². The first-order chi connectivity index (χ1) is 14.0. The fourth-order valence-corrected chi connectivity index (χ4v) is 2.29. The molecule has 2 aromatic carbocycles. The van der Waals surface area contributed by atoms with Gasteiger partial charge in [-0.1, -0.05) is 12.1 Å². The second kappa shape index (κ2) is 8.61. The Morgan fingerprint density at radius 3 is 2.45 bits per heavy atom. The van der Waals surface area contributed by atoms with Crippen molar-refractivity contribution in [3.05, 3.63) is 76.4 Å². The van der Waals surface area contributed by atoms with Gasteiger partial charge in [0.05, 0.1) is 12.0 Å². The predicted octanol–water partition coefficient (Wildman–Crippen LogP) is 3.08. The van der Waals surface area contributed by atoms with Crippen LogP contribution in [-0.2, 0) is 0 Å². The van der Waals surface area contributed by atoms with Crippen molar-refractivity contribution in [1.82, 2.24) is 15.4 Å². The number of rotatable bonds is 7. The summed E-state index contributed by atoms with van der Waals surface area (Å²) >= 11 is 0. The van der Waals surface area contributed by atoms with E-state index in [0.717, 1.165) is 18.5 Å².